The average Bonchev–Trinajstić information content (AvgIpc) is 3.31. The minimum Gasteiger partial charge on any atom is -0.468 e. The number of fused-ring (bicyclic) bond motifs is 1. The first kappa shape index (κ1) is 20.0. The summed E-state index contributed by atoms with van der Waals surface area (Å²) >= 11 is 1.64. The van der Waals surface area contributed by atoms with Crippen molar-refractivity contribution in [2.45, 2.75) is 36.2 Å². The van der Waals surface area contributed by atoms with E-state index in [1.54, 1.807) is 18.8 Å². The molecule has 2 fully saturated rings. The predicted molar refractivity (Wildman–Crippen MR) is 111 cm³/mol. The molecular formula is C18H27N7O3S. The normalized spacial score (nSPS) is 30.1. The van der Waals surface area contributed by atoms with Gasteiger partial charge in [-0.2, -0.15) is 0 Å². The molecule has 0 aromatic carbocycles. The van der Waals surface area contributed by atoms with Crippen LogP contribution in [0.25, 0.3) is 5.57 Å². The van der Waals surface area contributed by atoms with Gasteiger partial charge in [-0.15, -0.1) is 11.8 Å². The number of nitrogens with zero attached hydrogens (tertiary/aromatic N) is 2. The first-order valence-electron chi connectivity index (χ1n) is 9.58. The quantitative estimate of drug-likeness (QED) is 0.422. The number of imidazole rings is 1. The maximum absolute atomic E-state index is 11.9. The SMILES string of the molecule is CNC(=O)NC1NC2CC(c3cnc(N4CC(C)(C(=O)OC)C4)[nH]3)=CC(N)C2S1. The molecule has 10 nitrogen and oxygen atoms in total. The molecule has 0 saturated carbocycles. The van der Waals surface area contributed by atoms with Crippen molar-refractivity contribution in [3.8, 4) is 0 Å². The van der Waals surface area contributed by atoms with E-state index in [1.807, 2.05) is 18.0 Å². The first-order chi connectivity index (χ1) is 13.8. The number of urea groups is 1. The standard InChI is InChI=1S/C18H27N7O3S/c1-18(14(26)28-3)7-25(8-18)15-21-6-12(22-15)9-4-10(19)13-11(5-9)23-17(29-13)24-16(27)20-2/h4,6,10-11,13,17,23H,5,7-8,19H2,1-3H3,(H,21,22)(H2,20,24,27). The minimum atomic E-state index is -0.487. The fourth-order valence-electron chi connectivity index (χ4n) is 4.17. The second kappa shape index (κ2) is 7.54. The van der Waals surface area contributed by atoms with Crippen molar-refractivity contribution in [2.75, 3.05) is 32.1 Å². The van der Waals surface area contributed by atoms with E-state index in [0.29, 0.717) is 13.1 Å². The zero-order chi connectivity index (χ0) is 20.8. The maximum Gasteiger partial charge on any atom is 0.316 e. The Kier molecular flexibility index (Phi) is 5.21. The highest BCUT2D eigenvalue weighted by atomic mass is 32.2. The van der Waals surface area contributed by atoms with Crippen molar-refractivity contribution in [2.24, 2.45) is 11.1 Å². The summed E-state index contributed by atoms with van der Waals surface area (Å²) in [5.74, 6) is 0.545. The molecule has 0 radical (unpaired) electrons. The van der Waals surface area contributed by atoms with Crippen molar-refractivity contribution in [1.82, 2.24) is 25.9 Å². The monoisotopic (exact) mass is 421 g/mol. The number of rotatable bonds is 4. The Labute approximate surface area is 173 Å². The van der Waals surface area contributed by atoms with Gasteiger partial charge in [0, 0.05) is 37.5 Å². The summed E-state index contributed by atoms with van der Waals surface area (Å²) in [6.45, 7) is 3.04. The number of methoxy groups -OCH3 is 1. The van der Waals surface area contributed by atoms with Crippen LogP contribution in [-0.2, 0) is 9.53 Å². The van der Waals surface area contributed by atoms with Gasteiger partial charge in [0.1, 0.15) is 10.9 Å². The highest BCUT2D eigenvalue weighted by Crippen LogP contribution is 2.39. The van der Waals surface area contributed by atoms with Gasteiger partial charge in [0.15, 0.2) is 0 Å². The Hall–Kier alpha value is -2.24. The molecular weight excluding hydrogens is 394 g/mol. The summed E-state index contributed by atoms with van der Waals surface area (Å²) in [5, 5.41) is 9.08. The van der Waals surface area contributed by atoms with Gasteiger partial charge in [0.2, 0.25) is 5.95 Å². The first-order valence-corrected chi connectivity index (χ1v) is 10.5. The topological polar surface area (TPSA) is 137 Å². The molecule has 2 aliphatic heterocycles. The molecule has 4 atom stereocenters. The van der Waals surface area contributed by atoms with Gasteiger partial charge >= 0.3 is 12.0 Å². The zero-order valence-electron chi connectivity index (χ0n) is 16.7. The molecule has 6 N–H and O–H groups in total. The number of thioether (sulfide) groups is 1. The van der Waals surface area contributed by atoms with Gasteiger partial charge in [0.25, 0.3) is 0 Å². The van der Waals surface area contributed by atoms with Gasteiger partial charge in [0.05, 0.1) is 19.0 Å². The number of carbonyl (C=O) groups excluding carboxylic acids is 2. The second-order valence-corrected chi connectivity index (χ2v) is 9.27. The van der Waals surface area contributed by atoms with Crippen LogP contribution in [0, 0.1) is 5.41 Å². The zero-order valence-corrected chi connectivity index (χ0v) is 17.5. The second-order valence-electron chi connectivity index (χ2n) is 7.98. The number of nitrogens with one attached hydrogen (secondary N) is 4. The maximum atomic E-state index is 11.9. The molecule has 2 amide bonds. The Morgan fingerprint density at radius 3 is 2.90 bits per heavy atom. The van der Waals surface area contributed by atoms with Crippen LogP contribution in [0.5, 0.6) is 0 Å². The molecule has 11 heteroatoms. The number of aromatic nitrogens is 2. The molecule has 1 aliphatic carbocycles. The molecule has 1 aromatic rings. The number of aromatic amines is 1. The fraction of sp³-hybridized carbons (Fsp3) is 0.611. The predicted octanol–water partition coefficient (Wildman–Crippen LogP) is -0.190. The summed E-state index contributed by atoms with van der Waals surface area (Å²) in [5.41, 5.74) is 7.77. The van der Waals surface area contributed by atoms with Crippen molar-refractivity contribution in [3.05, 3.63) is 18.0 Å². The van der Waals surface area contributed by atoms with Gasteiger partial charge in [-0.25, -0.2) is 9.78 Å². The number of nitrogens with two attached hydrogens (primary N) is 1. The van der Waals surface area contributed by atoms with Crippen molar-refractivity contribution < 1.29 is 14.3 Å². The van der Waals surface area contributed by atoms with Crippen molar-refractivity contribution in [1.29, 1.82) is 0 Å². The molecule has 29 heavy (non-hydrogen) atoms. The number of H-pyrrole nitrogens is 1. The highest BCUT2D eigenvalue weighted by molar-refractivity contribution is 8.00. The summed E-state index contributed by atoms with van der Waals surface area (Å²) in [4.78, 5) is 33.3. The van der Waals surface area contributed by atoms with Crippen LogP contribution < -0.4 is 26.6 Å². The lowest BCUT2D eigenvalue weighted by Gasteiger charge is -2.45. The van der Waals surface area contributed by atoms with Crippen LogP contribution in [0.1, 0.15) is 19.0 Å². The van der Waals surface area contributed by atoms with E-state index < -0.39 is 5.41 Å². The van der Waals surface area contributed by atoms with Crippen LogP contribution in [0.4, 0.5) is 10.7 Å². The summed E-state index contributed by atoms with van der Waals surface area (Å²) in [6, 6.07) is -0.186. The van der Waals surface area contributed by atoms with E-state index >= 15 is 0 Å². The van der Waals surface area contributed by atoms with Crippen molar-refractivity contribution >= 4 is 35.3 Å². The molecule has 1 aromatic heterocycles. The number of ether oxygens (including phenoxy) is 1. The van der Waals surface area contributed by atoms with E-state index in [9.17, 15) is 9.59 Å². The van der Waals surface area contributed by atoms with Crippen LogP contribution in [0.3, 0.4) is 0 Å². The number of esters is 1. The average molecular weight is 422 g/mol. The molecule has 4 unspecified atom stereocenters. The van der Waals surface area contributed by atoms with Gasteiger partial charge in [-0.05, 0) is 18.9 Å². The van der Waals surface area contributed by atoms with E-state index in [-0.39, 0.29) is 34.8 Å². The molecule has 158 valence electrons. The number of amides is 2. The van der Waals surface area contributed by atoms with Gasteiger partial charge in [-0.1, -0.05) is 6.08 Å². The minimum absolute atomic E-state index is 0.129. The Balaban J connectivity index is 1.40. The Morgan fingerprint density at radius 2 is 2.21 bits per heavy atom. The summed E-state index contributed by atoms with van der Waals surface area (Å²) in [6.07, 6.45) is 4.67. The third-order valence-electron chi connectivity index (χ3n) is 5.72. The number of hydrogen-bond donors (Lipinski definition) is 5. The Morgan fingerprint density at radius 1 is 1.45 bits per heavy atom. The largest absolute Gasteiger partial charge is 0.468 e. The number of carbonyl (C=O) groups is 2. The van der Waals surface area contributed by atoms with Crippen LogP contribution >= 0.6 is 11.8 Å². The lowest BCUT2D eigenvalue weighted by atomic mass is 9.82. The number of anilines is 1. The highest BCUT2D eigenvalue weighted by Gasteiger charge is 2.47. The molecule has 4 rings (SSSR count). The van der Waals surface area contributed by atoms with Gasteiger partial charge < -0.3 is 31.0 Å². The molecule has 0 spiro atoms. The molecule has 3 aliphatic rings. The van der Waals surface area contributed by atoms with Crippen LogP contribution in [-0.4, -0.2) is 72.0 Å². The fourth-order valence-corrected chi connectivity index (χ4v) is 5.54. The summed E-state index contributed by atoms with van der Waals surface area (Å²) in [7, 11) is 3.01. The van der Waals surface area contributed by atoms with Crippen molar-refractivity contribution in [3.63, 3.8) is 0 Å². The summed E-state index contributed by atoms with van der Waals surface area (Å²) < 4.78 is 4.88. The molecule has 0 bridgehead atoms. The van der Waals surface area contributed by atoms with E-state index in [1.165, 1.54) is 7.11 Å². The van der Waals surface area contributed by atoms with E-state index in [4.69, 9.17) is 10.5 Å². The van der Waals surface area contributed by atoms with Crippen LogP contribution in [0.15, 0.2) is 12.3 Å². The van der Waals surface area contributed by atoms with E-state index in [2.05, 4.69) is 32.0 Å². The molecule has 3 heterocycles. The van der Waals surface area contributed by atoms with Crippen LogP contribution in [0.2, 0.25) is 0 Å². The lowest BCUT2D eigenvalue weighted by Crippen LogP contribution is -2.59. The Bertz CT molecular complexity index is 835. The third-order valence-corrected chi connectivity index (χ3v) is 7.21. The smallest absolute Gasteiger partial charge is 0.316 e. The number of hydrogen-bond acceptors (Lipinski definition) is 8. The lowest BCUT2D eigenvalue weighted by molar-refractivity contribution is -0.153. The third kappa shape index (κ3) is 3.69. The van der Waals surface area contributed by atoms with E-state index in [0.717, 1.165) is 23.6 Å². The van der Waals surface area contributed by atoms with Gasteiger partial charge in [-0.3, -0.25) is 10.1 Å². The molecule has 2 saturated heterocycles.